The van der Waals surface area contributed by atoms with Crippen LogP contribution >= 0.6 is 0 Å². The summed E-state index contributed by atoms with van der Waals surface area (Å²) in [6, 6.07) is 6.93. The van der Waals surface area contributed by atoms with Gasteiger partial charge in [-0.2, -0.15) is 0 Å². The molecule has 1 fully saturated rings. The van der Waals surface area contributed by atoms with E-state index in [9.17, 15) is 14.7 Å². The van der Waals surface area contributed by atoms with Gasteiger partial charge in [0.2, 0.25) is 5.91 Å². The Hall–Kier alpha value is -1.88. The minimum Gasteiger partial charge on any atom is -0.380 e. The van der Waals surface area contributed by atoms with Crippen LogP contribution in [-0.4, -0.2) is 22.5 Å². The van der Waals surface area contributed by atoms with Crippen molar-refractivity contribution in [1.82, 2.24) is 0 Å². The molecule has 0 spiro atoms. The van der Waals surface area contributed by atoms with Gasteiger partial charge in [0.1, 0.15) is 5.60 Å². The maximum atomic E-state index is 12.1. The molecular weight excluding hydrogens is 280 g/mol. The summed E-state index contributed by atoms with van der Waals surface area (Å²) >= 11 is 0. The average molecular weight is 304 g/mol. The minimum absolute atomic E-state index is 0.0212. The SMILES string of the molecule is CC(C)CC(=O)Nc1ccc(NC(=O)C2(O)CCCC2)cc1. The van der Waals surface area contributed by atoms with Crippen LogP contribution in [0.4, 0.5) is 11.4 Å². The molecule has 2 amide bonds. The van der Waals surface area contributed by atoms with Crippen LogP contribution in [-0.2, 0) is 9.59 Å². The molecule has 0 unspecified atom stereocenters. The van der Waals surface area contributed by atoms with Crippen molar-refractivity contribution < 1.29 is 14.7 Å². The lowest BCUT2D eigenvalue weighted by atomic mass is 10.0. The first-order chi connectivity index (χ1) is 10.4. The van der Waals surface area contributed by atoms with Gasteiger partial charge >= 0.3 is 0 Å². The fraction of sp³-hybridized carbons (Fsp3) is 0.529. The first-order valence-corrected chi connectivity index (χ1v) is 7.83. The molecule has 0 atom stereocenters. The number of amides is 2. The van der Waals surface area contributed by atoms with Gasteiger partial charge in [0.05, 0.1) is 0 Å². The van der Waals surface area contributed by atoms with E-state index < -0.39 is 5.60 Å². The van der Waals surface area contributed by atoms with Crippen LogP contribution < -0.4 is 10.6 Å². The Morgan fingerprint density at radius 1 is 1.09 bits per heavy atom. The van der Waals surface area contributed by atoms with Gasteiger partial charge in [0, 0.05) is 17.8 Å². The molecule has 3 N–H and O–H groups in total. The summed E-state index contributed by atoms with van der Waals surface area (Å²) < 4.78 is 0. The molecule has 0 aliphatic heterocycles. The Kier molecular flexibility index (Phi) is 5.19. The number of rotatable bonds is 5. The summed E-state index contributed by atoms with van der Waals surface area (Å²) in [5, 5.41) is 15.8. The van der Waals surface area contributed by atoms with Crippen molar-refractivity contribution in [3.8, 4) is 0 Å². The molecule has 2 rings (SSSR count). The molecule has 5 heteroatoms. The van der Waals surface area contributed by atoms with E-state index in [1.165, 1.54) is 0 Å². The molecule has 22 heavy (non-hydrogen) atoms. The molecule has 0 saturated heterocycles. The van der Waals surface area contributed by atoms with Crippen LogP contribution in [0.25, 0.3) is 0 Å². The van der Waals surface area contributed by atoms with Gasteiger partial charge in [0.25, 0.3) is 5.91 Å². The van der Waals surface area contributed by atoms with Gasteiger partial charge in [-0.1, -0.05) is 13.8 Å². The Bertz CT molecular complexity index is 531. The highest BCUT2D eigenvalue weighted by Gasteiger charge is 2.38. The van der Waals surface area contributed by atoms with E-state index in [1.807, 2.05) is 13.8 Å². The summed E-state index contributed by atoms with van der Waals surface area (Å²) in [6.07, 6.45) is 3.27. The summed E-state index contributed by atoms with van der Waals surface area (Å²) in [5.74, 6) is -0.0561. The van der Waals surface area contributed by atoms with Gasteiger partial charge in [-0.3, -0.25) is 9.59 Å². The molecule has 1 aromatic carbocycles. The minimum atomic E-state index is -1.23. The van der Waals surface area contributed by atoms with E-state index in [0.717, 1.165) is 12.8 Å². The third kappa shape index (κ3) is 4.31. The lowest BCUT2D eigenvalue weighted by Crippen LogP contribution is -2.40. The van der Waals surface area contributed by atoms with Crippen LogP contribution in [0.1, 0.15) is 46.0 Å². The number of benzene rings is 1. The molecule has 120 valence electrons. The molecule has 5 nitrogen and oxygen atoms in total. The van der Waals surface area contributed by atoms with Crippen LogP contribution in [0.15, 0.2) is 24.3 Å². The molecule has 0 bridgehead atoms. The van der Waals surface area contributed by atoms with Crippen molar-refractivity contribution in [2.45, 2.75) is 51.6 Å². The van der Waals surface area contributed by atoms with Crippen molar-refractivity contribution in [1.29, 1.82) is 0 Å². The van der Waals surface area contributed by atoms with Crippen molar-refractivity contribution in [2.24, 2.45) is 5.92 Å². The number of anilines is 2. The van der Waals surface area contributed by atoms with Crippen molar-refractivity contribution >= 4 is 23.2 Å². The molecule has 1 saturated carbocycles. The molecule has 0 aromatic heterocycles. The highest BCUT2D eigenvalue weighted by Crippen LogP contribution is 2.30. The molecule has 0 heterocycles. The number of hydrogen-bond donors (Lipinski definition) is 3. The van der Waals surface area contributed by atoms with E-state index in [1.54, 1.807) is 24.3 Å². The molecule has 1 aliphatic carbocycles. The first kappa shape index (κ1) is 16.5. The zero-order valence-electron chi connectivity index (χ0n) is 13.2. The third-order valence-corrected chi connectivity index (χ3v) is 3.87. The standard InChI is InChI=1S/C17H24N2O3/c1-12(2)11-15(20)18-13-5-7-14(8-6-13)19-16(21)17(22)9-3-4-10-17/h5-8,12,22H,3-4,9-11H2,1-2H3,(H,18,20)(H,19,21). The van der Waals surface area contributed by atoms with E-state index in [4.69, 9.17) is 0 Å². The Morgan fingerprint density at radius 3 is 2.09 bits per heavy atom. The Labute approximate surface area is 131 Å². The van der Waals surface area contributed by atoms with Gasteiger partial charge in [0.15, 0.2) is 0 Å². The van der Waals surface area contributed by atoms with Crippen molar-refractivity contribution in [3.63, 3.8) is 0 Å². The van der Waals surface area contributed by atoms with Crippen LogP contribution in [0.2, 0.25) is 0 Å². The van der Waals surface area contributed by atoms with E-state index in [2.05, 4.69) is 10.6 Å². The summed E-state index contributed by atoms with van der Waals surface area (Å²) in [5.41, 5.74) is 0.0832. The zero-order chi connectivity index (χ0) is 16.2. The summed E-state index contributed by atoms with van der Waals surface area (Å²) in [6.45, 7) is 3.98. The number of aliphatic hydroxyl groups is 1. The maximum absolute atomic E-state index is 12.1. The van der Waals surface area contributed by atoms with Crippen molar-refractivity contribution in [3.05, 3.63) is 24.3 Å². The monoisotopic (exact) mass is 304 g/mol. The second kappa shape index (κ2) is 6.92. The quantitative estimate of drug-likeness (QED) is 0.782. The second-order valence-corrected chi connectivity index (χ2v) is 6.42. The van der Waals surface area contributed by atoms with Gasteiger partial charge in [-0.15, -0.1) is 0 Å². The van der Waals surface area contributed by atoms with Crippen LogP contribution in [0, 0.1) is 5.92 Å². The summed E-state index contributed by atoms with van der Waals surface area (Å²) in [4.78, 5) is 23.8. The smallest absolute Gasteiger partial charge is 0.256 e. The highest BCUT2D eigenvalue weighted by molar-refractivity contribution is 5.97. The van der Waals surface area contributed by atoms with Crippen molar-refractivity contribution in [2.75, 3.05) is 10.6 Å². The largest absolute Gasteiger partial charge is 0.380 e. The van der Waals surface area contributed by atoms with E-state index in [0.29, 0.717) is 36.6 Å². The lowest BCUT2D eigenvalue weighted by Gasteiger charge is -2.21. The number of carbonyl (C=O) groups excluding carboxylic acids is 2. The zero-order valence-corrected chi connectivity index (χ0v) is 13.2. The second-order valence-electron chi connectivity index (χ2n) is 6.42. The number of hydrogen-bond acceptors (Lipinski definition) is 3. The third-order valence-electron chi connectivity index (χ3n) is 3.87. The van der Waals surface area contributed by atoms with E-state index >= 15 is 0 Å². The van der Waals surface area contributed by atoms with Crippen LogP contribution in [0.3, 0.4) is 0 Å². The van der Waals surface area contributed by atoms with Gasteiger partial charge < -0.3 is 15.7 Å². The molecular formula is C17H24N2O3. The molecule has 0 radical (unpaired) electrons. The predicted octanol–water partition coefficient (Wildman–Crippen LogP) is 2.91. The maximum Gasteiger partial charge on any atom is 0.256 e. The number of carbonyl (C=O) groups is 2. The highest BCUT2D eigenvalue weighted by atomic mass is 16.3. The topological polar surface area (TPSA) is 78.4 Å². The molecule has 1 aromatic rings. The summed E-state index contributed by atoms with van der Waals surface area (Å²) in [7, 11) is 0. The normalized spacial score (nSPS) is 16.5. The fourth-order valence-corrected chi connectivity index (χ4v) is 2.65. The Morgan fingerprint density at radius 2 is 1.59 bits per heavy atom. The van der Waals surface area contributed by atoms with Crippen LogP contribution in [0.5, 0.6) is 0 Å². The average Bonchev–Trinajstić information content (AvgIpc) is 2.88. The molecule has 1 aliphatic rings. The Balaban J connectivity index is 1.91. The first-order valence-electron chi connectivity index (χ1n) is 7.83. The fourth-order valence-electron chi connectivity index (χ4n) is 2.65. The number of nitrogens with one attached hydrogen (secondary N) is 2. The van der Waals surface area contributed by atoms with Gasteiger partial charge in [-0.05, 0) is 55.9 Å². The predicted molar refractivity (Wildman–Crippen MR) is 86.6 cm³/mol. The van der Waals surface area contributed by atoms with Gasteiger partial charge in [-0.25, -0.2) is 0 Å². The lowest BCUT2D eigenvalue weighted by molar-refractivity contribution is -0.133. The van der Waals surface area contributed by atoms with E-state index in [-0.39, 0.29) is 11.8 Å².